The third-order valence-corrected chi connectivity index (χ3v) is 3.04. The number of esters is 1. The standard InChI is InChI=1S/C15H12O2/c1-10-7-8-12-13(9-10)14(17-15(12)16)11-5-3-2-4-6-11/h2-9,14H,1H3. The fourth-order valence-electron chi connectivity index (χ4n) is 2.19. The zero-order valence-corrected chi connectivity index (χ0v) is 9.51. The van der Waals surface area contributed by atoms with Crippen LogP contribution in [0.1, 0.15) is 33.2 Å². The van der Waals surface area contributed by atoms with Gasteiger partial charge in [-0.25, -0.2) is 4.79 Å². The topological polar surface area (TPSA) is 26.3 Å². The minimum absolute atomic E-state index is 0.228. The van der Waals surface area contributed by atoms with Gasteiger partial charge in [0.1, 0.15) is 0 Å². The average molecular weight is 224 g/mol. The van der Waals surface area contributed by atoms with Gasteiger partial charge >= 0.3 is 5.97 Å². The van der Waals surface area contributed by atoms with Gasteiger partial charge in [-0.1, -0.05) is 48.0 Å². The second-order valence-corrected chi connectivity index (χ2v) is 4.29. The van der Waals surface area contributed by atoms with Gasteiger partial charge in [0, 0.05) is 5.56 Å². The Morgan fingerprint density at radius 2 is 1.82 bits per heavy atom. The van der Waals surface area contributed by atoms with Crippen molar-refractivity contribution in [2.75, 3.05) is 0 Å². The molecule has 1 aliphatic rings. The van der Waals surface area contributed by atoms with Crippen LogP contribution in [0.2, 0.25) is 0 Å². The van der Waals surface area contributed by atoms with Gasteiger partial charge in [0.05, 0.1) is 5.56 Å². The van der Waals surface area contributed by atoms with Crippen LogP contribution in [0.25, 0.3) is 0 Å². The number of hydrogen-bond acceptors (Lipinski definition) is 2. The monoisotopic (exact) mass is 224 g/mol. The summed E-state index contributed by atoms with van der Waals surface area (Å²) in [4.78, 5) is 11.7. The number of carbonyl (C=O) groups is 1. The van der Waals surface area contributed by atoms with Crippen LogP contribution in [-0.2, 0) is 4.74 Å². The van der Waals surface area contributed by atoms with Crippen LogP contribution in [-0.4, -0.2) is 5.97 Å². The van der Waals surface area contributed by atoms with Crippen LogP contribution in [0.3, 0.4) is 0 Å². The molecule has 1 atom stereocenters. The van der Waals surface area contributed by atoms with Gasteiger partial charge in [0.2, 0.25) is 0 Å². The van der Waals surface area contributed by atoms with Crippen LogP contribution in [0.4, 0.5) is 0 Å². The summed E-state index contributed by atoms with van der Waals surface area (Å²) in [5.41, 5.74) is 3.82. The van der Waals surface area contributed by atoms with Gasteiger partial charge in [-0.05, 0) is 18.6 Å². The molecule has 0 radical (unpaired) electrons. The van der Waals surface area contributed by atoms with Crippen molar-refractivity contribution in [3.8, 4) is 0 Å². The van der Waals surface area contributed by atoms with Gasteiger partial charge in [0.15, 0.2) is 6.10 Å². The summed E-state index contributed by atoms with van der Waals surface area (Å²) in [6.07, 6.45) is -0.251. The number of fused-ring (bicyclic) bond motifs is 1. The summed E-state index contributed by atoms with van der Waals surface area (Å²) in [6, 6.07) is 15.6. The Morgan fingerprint density at radius 3 is 2.59 bits per heavy atom. The molecule has 1 heterocycles. The van der Waals surface area contributed by atoms with E-state index >= 15 is 0 Å². The molecule has 0 saturated heterocycles. The van der Waals surface area contributed by atoms with E-state index in [2.05, 4.69) is 0 Å². The van der Waals surface area contributed by atoms with Gasteiger partial charge < -0.3 is 4.74 Å². The predicted molar refractivity (Wildman–Crippen MR) is 64.9 cm³/mol. The average Bonchev–Trinajstić information content (AvgIpc) is 2.67. The minimum atomic E-state index is -0.251. The Labute approximate surface area is 99.9 Å². The van der Waals surface area contributed by atoms with Crippen molar-refractivity contribution in [2.24, 2.45) is 0 Å². The summed E-state index contributed by atoms with van der Waals surface area (Å²) >= 11 is 0. The van der Waals surface area contributed by atoms with E-state index in [9.17, 15) is 4.79 Å². The van der Waals surface area contributed by atoms with Gasteiger partial charge in [-0.2, -0.15) is 0 Å². The SMILES string of the molecule is Cc1ccc2c(c1)C(c1ccccc1)OC2=O. The second kappa shape index (κ2) is 3.74. The lowest BCUT2D eigenvalue weighted by molar-refractivity contribution is 0.0456. The third-order valence-electron chi connectivity index (χ3n) is 3.04. The second-order valence-electron chi connectivity index (χ2n) is 4.29. The number of ether oxygens (including phenoxy) is 1. The highest BCUT2D eigenvalue weighted by molar-refractivity contribution is 5.94. The Bertz CT molecular complexity index is 573. The van der Waals surface area contributed by atoms with E-state index in [1.165, 1.54) is 0 Å². The molecule has 2 heteroatoms. The molecule has 3 rings (SSSR count). The fraction of sp³-hybridized carbons (Fsp3) is 0.133. The van der Waals surface area contributed by atoms with Gasteiger partial charge in [-0.15, -0.1) is 0 Å². The summed E-state index contributed by atoms with van der Waals surface area (Å²) in [7, 11) is 0. The lowest BCUT2D eigenvalue weighted by atomic mass is 9.98. The zero-order valence-electron chi connectivity index (χ0n) is 9.51. The number of benzene rings is 2. The van der Waals surface area contributed by atoms with Gasteiger partial charge in [-0.3, -0.25) is 0 Å². The molecule has 2 nitrogen and oxygen atoms in total. The van der Waals surface area contributed by atoms with Gasteiger partial charge in [0.25, 0.3) is 0 Å². The largest absolute Gasteiger partial charge is 0.449 e. The van der Waals surface area contributed by atoms with Crippen molar-refractivity contribution < 1.29 is 9.53 Å². The number of hydrogen-bond donors (Lipinski definition) is 0. The van der Waals surface area contributed by atoms with Crippen molar-refractivity contribution in [1.82, 2.24) is 0 Å². The molecule has 0 saturated carbocycles. The van der Waals surface area contributed by atoms with Crippen molar-refractivity contribution in [3.63, 3.8) is 0 Å². The zero-order chi connectivity index (χ0) is 11.8. The molecule has 0 aliphatic carbocycles. The van der Waals surface area contributed by atoms with E-state index in [1.54, 1.807) is 0 Å². The first kappa shape index (κ1) is 10.1. The van der Waals surface area contributed by atoms with E-state index in [1.807, 2.05) is 55.5 Å². The third kappa shape index (κ3) is 1.62. The predicted octanol–water partition coefficient (Wildman–Crippen LogP) is 3.25. The molecule has 0 fully saturated rings. The Balaban J connectivity index is 2.13. The minimum Gasteiger partial charge on any atom is -0.449 e. The Kier molecular flexibility index (Phi) is 2.22. The van der Waals surface area contributed by atoms with Crippen LogP contribution in [0.5, 0.6) is 0 Å². The van der Waals surface area contributed by atoms with Crippen molar-refractivity contribution in [1.29, 1.82) is 0 Å². The molecule has 0 amide bonds. The van der Waals surface area contributed by atoms with Crippen LogP contribution >= 0.6 is 0 Å². The normalized spacial score (nSPS) is 17.7. The maximum absolute atomic E-state index is 11.7. The molecule has 0 spiro atoms. The summed E-state index contributed by atoms with van der Waals surface area (Å²) < 4.78 is 5.43. The lowest BCUT2D eigenvalue weighted by Gasteiger charge is -2.10. The number of aryl methyl sites for hydroxylation is 1. The molecule has 2 aromatic carbocycles. The number of rotatable bonds is 1. The number of carbonyl (C=O) groups excluding carboxylic acids is 1. The molecule has 0 bridgehead atoms. The number of cyclic esters (lactones) is 1. The maximum atomic E-state index is 11.7. The molecule has 0 aromatic heterocycles. The first-order valence-corrected chi connectivity index (χ1v) is 5.62. The Hall–Kier alpha value is -2.09. The van der Waals surface area contributed by atoms with Crippen molar-refractivity contribution in [3.05, 3.63) is 70.8 Å². The highest BCUT2D eigenvalue weighted by Gasteiger charge is 2.31. The molecular formula is C15H12O2. The van der Waals surface area contributed by atoms with Crippen molar-refractivity contribution >= 4 is 5.97 Å². The molecule has 1 unspecified atom stereocenters. The smallest absolute Gasteiger partial charge is 0.339 e. The fourth-order valence-corrected chi connectivity index (χ4v) is 2.19. The highest BCUT2D eigenvalue weighted by atomic mass is 16.5. The van der Waals surface area contributed by atoms with E-state index in [-0.39, 0.29) is 12.1 Å². The van der Waals surface area contributed by atoms with Crippen LogP contribution in [0.15, 0.2) is 48.5 Å². The van der Waals surface area contributed by atoms with Crippen LogP contribution in [0, 0.1) is 6.92 Å². The van der Waals surface area contributed by atoms with E-state index in [0.717, 1.165) is 16.7 Å². The molecule has 17 heavy (non-hydrogen) atoms. The summed E-state index contributed by atoms with van der Waals surface area (Å²) in [5.74, 6) is -0.228. The highest BCUT2D eigenvalue weighted by Crippen LogP contribution is 2.35. The van der Waals surface area contributed by atoms with E-state index in [4.69, 9.17) is 4.74 Å². The Morgan fingerprint density at radius 1 is 1.06 bits per heavy atom. The summed E-state index contributed by atoms with van der Waals surface area (Å²) in [5, 5.41) is 0. The molecule has 2 aromatic rings. The van der Waals surface area contributed by atoms with Crippen LogP contribution < -0.4 is 0 Å². The van der Waals surface area contributed by atoms with Crippen molar-refractivity contribution in [2.45, 2.75) is 13.0 Å². The summed E-state index contributed by atoms with van der Waals surface area (Å²) in [6.45, 7) is 2.02. The molecular weight excluding hydrogens is 212 g/mol. The first-order chi connectivity index (χ1) is 8.25. The lowest BCUT2D eigenvalue weighted by Crippen LogP contribution is -2.00. The first-order valence-electron chi connectivity index (χ1n) is 5.62. The maximum Gasteiger partial charge on any atom is 0.339 e. The molecule has 84 valence electrons. The molecule has 1 aliphatic heterocycles. The quantitative estimate of drug-likeness (QED) is 0.695. The van der Waals surface area contributed by atoms with E-state index < -0.39 is 0 Å². The molecule has 0 N–H and O–H groups in total. The van der Waals surface area contributed by atoms with E-state index in [0.29, 0.717) is 5.56 Å².